The molecule has 1 rings (SSSR count). The van der Waals surface area contributed by atoms with Crippen LogP contribution in [0.3, 0.4) is 0 Å². The summed E-state index contributed by atoms with van der Waals surface area (Å²) in [6, 6.07) is 0.648. The summed E-state index contributed by atoms with van der Waals surface area (Å²) in [7, 11) is 0. The molecular formula is C21H30N4O8. The number of carboxylic acid groups (broad SMARTS) is 2. The molecule has 0 saturated carbocycles. The Morgan fingerprint density at radius 2 is 1.39 bits per heavy atom. The van der Waals surface area contributed by atoms with E-state index in [9.17, 15) is 34.2 Å². The Morgan fingerprint density at radius 1 is 0.848 bits per heavy atom. The van der Waals surface area contributed by atoms with Gasteiger partial charge in [0.2, 0.25) is 17.7 Å². The average Bonchev–Trinajstić information content (AvgIpc) is 2.71. The highest BCUT2D eigenvalue weighted by Gasteiger charge is 2.32. The largest absolute Gasteiger partial charge is 0.508 e. The van der Waals surface area contributed by atoms with Crippen molar-refractivity contribution >= 4 is 29.7 Å². The van der Waals surface area contributed by atoms with Crippen LogP contribution >= 0.6 is 0 Å². The number of rotatable bonds is 12. The minimum Gasteiger partial charge on any atom is -0.508 e. The zero-order valence-corrected chi connectivity index (χ0v) is 18.6. The number of aromatic hydroxyl groups is 1. The van der Waals surface area contributed by atoms with E-state index in [1.165, 1.54) is 31.2 Å². The van der Waals surface area contributed by atoms with Crippen molar-refractivity contribution in [1.29, 1.82) is 0 Å². The maximum absolute atomic E-state index is 12.7. The lowest BCUT2D eigenvalue weighted by molar-refractivity contribution is -0.143. The number of hydrogen-bond acceptors (Lipinski definition) is 7. The zero-order chi connectivity index (χ0) is 25.3. The Hall–Kier alpha value is -3.67. The van der Waals surface area contributed by atoms with Crippen LogP contribution in [0.15, 0.2) is 24.3 Å². The Balaban J connectivity index is 2.99. The van der Waals surface area contributed by atoms with Crippen molar-refractivity contribution in [3.8, 4) is 5.75 Å². The molecule has 0 spiro atoms. The van der Waals surface area contributed by atoms with Crippen LogP contribution in [0.1, 0.15) is 32.8 Å². The molecule has 0 heterocycles. The van der Waals surface area contributed by atoms with Crippen molar-refractivity contribution in [2.45, 2.75) is 57.8 Å². The van der Waals surface area contributed by atoms with Gasteiger partial charge >= 0.3 is 11.9 Å². The van der Waals surface area contributed by atoms with Gasteiger partial charge in [-0.1, -0.05) is 26.0 Å². The molecule has 3 amide bonds. The lowest BCUT2D eigenvalue weighted by Gasteiger charge is -2.26. The SMILES string of the molecule is CC(C)[C@H](NC(=O)[C@H](C)N)C(=O)N[C@@H](CC(=O)O)C(=O)N[C@@H](Cc1ccc(O)cc1)C(=O)O. The highest BCUT2D eigenvalue weighted by atomic mass is 16.4. The number of carbonyl (C=O) groups is 5. The quantitative estimate of drug-likeness (QED) is 0.200. The molecule has 0 radical (unpaired) electrons. The van der Waals surface area contributed by atoms with Crippen LogP contribution in [0.5, 0.6) is 5.75 Å². The molecular weight excluding hydrogens is 436 g/mol. The molecule has 0 fully saturated rings. The van der Waals surface area contributed by atoms with Gasteiger partial charge in [0.05, 0.1) is 12.5 Å². The van der Waals surface area contributed by atoms with Crippen molar-refractivity contribution in [2.24, 2.45) is 11.7 Å². The van der Waals surface area contributed by atoms with Crippen molar-refractivity contribution in [3.05, 3.63) is 29.8 Å². The molecule has 1 aromatic rings. The molecule has 0 unspecified atom stereocenters. The fraction of sp³-hybridized carbons (Fsp3) is 0.476. The molecule has 0 aliphatic rings. The van der Waals surface area contributed by atoms with Crippen molar-refractivity contribution < 1.29 is 39.3 Å². The van der Waals surface area contributed by atoms with Gasteiger partial charge in [-0.3, -0.25) is 19.2 Å². The van der Waals surface area contributed by atoms with Crippen LogP contribution in [0.2, 0.25) is 0 Å². The topological polar surface area (TPSA) is 208 Å². The molecule has 0 aromatic heterocycles. The van der Waals surface area contributed by atoms with Gasteiger partial charge in [-0.15, -0.1) is 0 Å². The first kappa shape index (κ1) is 27.4. The van der Waals surface area contributed by atoms with E-state index in [0.29, 0.717) is 5.56 Å². The molecule has 0 saturated heterocycles. The molecule has 1 aromatic carbocycles. The number of phenolic OH excluding ortho intramolecular Hbond substituents is 1. The van der Waals surface area contributed by atoms with Crippen LogP contribution < -0.4 is 21.7 Å². The van der Waals surface area contributed by atoms with E-state index in [1.54, 1.807) is 13.8 Å². The first-order chi connectivity index (χ1) is 15.3. The summed E-state index contributed by atoms with van der Waals surface area (Å²) in [5.74, 6) is -5.65. The second-order valence-corrected chi connectivity index (χ2v) is 7.95. The number of carboxylic acids is 2. The molecule has 0 aliphatic heterocycles. The predicted molar refractivity (Wildman–Crippen MR) is 116 cm³/mol. The summed E-state index contributed by atoms with van der Waals surface area (Å²) in [5.41, 5.74) is 6.00. The third-order valence-corrected chi connectivity index (χ3v) is 4.66. The van der Waals surface area contributed by atoms with Crippen LogP contribution in [0.25, 0.3) is 0 Å². The summed E-state index contributed by atoms with van der Waals surface area (Å²) in [4.78, 5) is 60.2. The molecule has 0 bridgehead atoms. The van der Waals surface area contributed by atoms with Gasteiger partial charge in [0.1, 0.15) is 23.9 Å². The van der Waals surface area contributed by atoms with Gasteiger partial charge in [0.25, 0.3) is 0 Å². The lowest BCUT2D eigenvalue weighted by Crippen LogP contribution is -2.58. The second-order valence-electron chi connectivity index (χ2n) is 7.95. The number of nitrogens with one attached hydrogen (secondary N) is 3. The predicted octanol–water partition coefficient (Wildman–Crippen LogP) is -1.05. The summed E-state index contributed by atoms with van der Waals surface area (Å²) in [5, 5.41) is 34.9. The van der Waals surface area contributed by atoms with Crippen molar-refractivity contribution in [3.63, 3.8) is 0 Å². The Kier molecular flexibility index (Phi) is 10.3. The third-order valence-electron chi connectivity index (χ3n) is 4.66. The maximum Gasteiger partial charge on any atom is 0.326 e. The summed E-state index contributed by atoms with van der Waals surface area (Å²) < 4.78 is 0. The molecule has 4 atom stereocenters. The van der Waals surface area contributed by atoms with E-state index in [4.69, 9.17) is 10.8 Å². The Morgan fingerprint density at radius 3 is 1.85 bits per heavy atom. The van der Waals surface area contributed by atoms with Crippen LogP contribution in [0.4, 0.5) is 0 Å². The van der Waals surface area contributed by atoms with Crippen molar-refractivity contribution in [1.82, 2.24) is 16.0 Å². The second kappa shape index (κ2) is 12.4. The minimum atomic E-state index is -1.59. The van der Waals surface area contributed by atoms with Gasteiger partial charge in [0, 0.05) is 6.42 Å². The fourth-order valence-electron chi connectivity index (χ4n) is 2.81. The molecule has 12 nitrogen and oxygen atoms in total. The third kappa shape index (κ3) is 9.15. The van der Waals surface area contributed by atoms with Crippen LogP contribution in [0, 0.1) is 5.92 Å². The molecule has 12 heteroatoms. The number of phenols is 1. The van der Waals surface area contributed by atoms with Gasteiger partial charge < -0.3 is 37.0 Å². The number of amides is 3. The highest BCUT2D eigenvalue weighted by Crippen LogP contribution is 2.12. The number of nitrogens with two attached hydrogens (primary N) is 1. The highest BCUT2D eigenvalue weighted by molar-refractivity contribution is 5.95. The van der Waals surface area contributed by atoms with Gasteiger partial charge in [0.15, 0.2) is 0 Å². The molecule has 0 aliphatic carbocycles. The number of benzene rings is 1. The Labute approximate surface area is 190 Å². The smallest absolute Gasteiger partial charge is 0.326 e. The van der Waals surface area contributed by atoms with E-state index in [2.05, 4.69) is 16.0 Å². The van der Waals surface area contributed by atoms with Crippen molar-refractivity contribution in [2.75, 3.05) is 0 Å². The van der Waals surface area contributed by atoms with E-state index < -0.39 is 66.2 Å². The molecule has 33 heavy (non-hydrogen) atoms. The monoisotopic (exact) mass is 466 g/mol. The standard InChI is InChI=1S/C21H30N4O8/c1-10(2)17(25-18(29)11(3)22)20(31)23-14(9-16(27)28)19(30)24-15(21(32)33)8-12-4-6-13(26)7-5-12/h4-7,10-11,14-15,17,26H,8-9,22H2,1-3H3,(H,23,31)(H,24,30)(H,25,29)(H,27,28)(H,32,33)/t11-,14-,15-,17-/m0/s1. The summed E-state index contributed by atoms with van der Waals surface area (Å²) in [6.07, 6.45) is -0.955. The van der Waals surface area contributed by atoms with E-state index in [1.807, 2.05) is 0 Å². The number of aliphatic carboxylic acids is 2. The van der Waals surface area contributed by atoms with E-state index in [0.717, 1.165) is 0 Å². The normalized spacial score (nSPS) is 14.5. The fourth-order valence-corrected chi connectivity index (χ4v) is 2.81. The summed E-state index contributed by atoms with van der Waals surface area (Å²) >= 11 is 0. The Bertz CT molecular complexity index is 870. The first-order valence-electron chi connectivity index (χ1n) is 10.2. The zero-order valence-electron chi connectivity index (χ0n) is 18.6. The van der Waals surface area contributed by atoms with Crippen LogP contribution in [-0.2, 0) is 30.4 Å². The van der Waals surface area contributed by atoms with Crippen LogP contribution in [-0.4, -0.2) is 69.1 Å². The molecule has 182 valence electrons. The molecule has 8 N–H and O–H groups in total. The average molecular weight is 466 g/mol. The van der Waals surface area contributed by atoms with Gasteiger partial charge in [-0.05, 0) is 30.5 Å². The van der Waals surface area contributed by atoms with E-state index >= 15 is 0 Å². The number of hydrogen-bond donors (Lipinski definition) is 7. The maximum atomic E-state index is 12.7. The number of carbonyl (C=O) groups excluding carboxylic acids is 3. The minimum absolute atomic E-state index is 0.0188. The van der Waals surface area contributed by atoms with E-state index in [-0.39, 0.29) is 12.2 Å². The van der Waals surface area contributed by atoms with Gasteiger partial charge in [-0.2, -0.15) is 0 Å². The lowest BCUT2D eigenvalue weighted by atomic mass is 10.0. The summed E-state index contributed by atoms with van der Waals surface area (Å²) in [6.45, 7) is 4.69. The van der Waals surface area contributed by atoms with Gasteiger partial charge in [-0.25, -0.2) is 4.79 Å². The first-order valence-corrected chi connectivity index (χ1v) is 10.2.